The summed E-state index contributed by atoms with van der Waals surface area (Å²) in [5.41, 5.74) is 1.08. The van der Waals surface area contributed by atoms with E-state index in [0.717, 1.165) is 5.56 Å². The number of rotatable bonds is 4. The fraction of sp³-hybridized carbons (Fsp3) is 0.455. The highest BCUT2D eigenvalue weighted by molar-refractivity contribution is 7.80. The summed E-state index contributed by atoms with van der Waals surface area (Å²) in [5.74, 6) is 0.613. The third-order valence-electron chi connectivity index (χ3n) is 1.88. The van der Waals surface area contributed by atoms with Crippen molar-refractivity contribution in [2.75, 3.05) is 7.11 Å². The third-order valence-corrected chi connectivity index (χ3v) is 2.14. The molecule has 16 heavy (non-hydrogen) atoms. The molecule has 0 radical (unpaired) electrons. The lowest BCUT2D eigenvalue weighted by Gasteiger charge is -2.13. The van der Waals surface area contributed by atoms with Gasteiger partial charge in [0.15, 0.2) is 5.11 Å². The van der Waals surface area contributed by atoms with E-state index in [1.165, 1.54) is 0 Å². The van der Waals surface area contributed by atoms with Gasteiger partial charge in [0.05, 0.1) is 7.11 Å². The number of hydrogen-bond donors (Lipinski definition) is 2. The van der Waals surface area contributed by atoms with Crippen LogP contribution >= 0.6 is 12.2 Å². The third kappa shape index (κ3) is 4.44. The number of nitrogens with zero attached hydrogens (tertiary/aromatic N) is 1. The van der Waals surface area contributed by atoms with E-state index >= 15 is 0 Å². The van der Waals surface area contributed by atoms with Crippen molar-refractivity contribution in [1.82, 2.24) is 15.6 Å². The Morgan fingerprint density at radius 2 is 2.31 bits per heavy atom. The minimum absolute atomic E-state index is 0.340. The predicted molar refractivity (Wildman–Crippen MR) is 68.5 cm³/mol. The number of pyridine rings is 1. The Kier molecular flexibility index (Phi) is 4.98. The van der Waals surface area contributed by atoms with Crippen LogP contribution in [0.25, 0.3) is 0 Å². The Morgan fingerprint density at radius 1 is 1.56 bits per heavy atom. The molecular formula is C11H17N3OS. The van der Waals surface area contributed by atoms with Crippen molar-refractivity contribution >= 4 is 17.3 Å². The molecule has 4 nitrogen and oxygen atoms in total. The molecule has 2 N–H and O–H groups in total. The fourth-order valence-corrected chi connectivity index (χ4v) is 1.48. The smallest absolute Gasteiger partial charge is 0.213 e. The van der Waals surface area contributed by atoms with Gasteiger partial charge in [-0.05, 0) is 37.7 Å². The summed E-state index contributed by atoms with van der Waals surface area (Å²) in [6, 6.07) is 4.14. The number of aromatic nitrogens is 1. The maximum atomic E-state index is 5.12. The van der Waals surface area contributed by atoms with Gasteiger partial charge in [-0.25, -0.2) is 4.98 Å². The summed E-state index contributed by atoms with van der Waals surface area (Å²) in [7, 11) is 1.60. The van der Waals surface area contributed by atoms with Crippen LogP contribution in [-0.2, 0) is 6.54 Å². The second kappa shape index (κ2) is 6.27. The van der Waals surface area contributed by atoms with Gasteiger partial charge in [0, 0.05) is 24.8 Å². The van der Waals surface area contributed by atoms with Crippen molar-refractivity contribution in [3.05, 3.63) is 23.9 Å². The molecular weight excluding hydrogens is 222 g/mol. The molecule has 0 fully saturated rings. The van der Waals surface area contributed by atoms with Gasteiger partial charge in [-0.1, -0.05) is 0 Å². The zero-order valence-electron chi connectivity index (χ0n) is 9.78. The van der Waals surface area contributed by atoms with Crippen LogP contribution in [0.2, 0.25) is 0 Å². The first-order valence-corrected chi connectivity index (χ1v) is 5.56. The van der Waals surface area contributed by atoms with E-state index in [0.29, 0.717) is 23.6 Å². The summed E-state index contributed by atoms with van der Waals surface area (Å²) in [4.78, 5) is 4.03. The van der Waals surface area contributed by atoms with Crippen LogP contribution in [0, 0.1) is 0 Å². The van der Waals surface area contributed by atoms with Crippen molar-refractivity contribution in [3.8, 4) is 5.88 Å². The predicted octanol–water partition coefficient (Wildman–Crippen LogP) is 1.46. The first-order valence-electron chi connectivity index (χ1n) is 5.15. The summed E-state index contributed by atoms with van der Waals surface area (Å²) >= 11 is 5.12. The Hall–Kier alpha value is -1.36. The molecule has 1 aromatic heterocycles. The SMILES string of the molecule is COc1cc(CNC(=S)NC(C)C)ccn1. The van der Waals surface area contributed by atoms with Crippen LogP contribution in [-0.4, -0.2) is 23.2 Å². The molecule has 0 unspecified atom stereocenters. The van der Waals surface area contributed by atoms with Gasteiger partial charge >= 0.3 is 0 Å². The van der Waals surface area contributed by atoms with E-state index in [9.17, 15) is 0 Å². The average Bonchev–Trinajstić information content (AvgIpc) is 2.26. The Bertz CT molecular complexity index is 355. The van der Waals surface area contributed by atoms with Crippen molar-refractivity contribution in [1.29, 1.82) is 0 Å². The Labute approximate surface area is 101 Å². The summed E-state index contributed by atoms with van der Waals surface area (Å²) < 4.78 is 5.04. The summed E-state index contributed by atoms with van der Waals surface area (Å²) in [6.45, 7) is 4.75. The van der Waals surface area contributed by atoms with E-state index < -0.39 is 0 Å². The Balaban J connectivity index is 2.45. The molecule has 0 saturated heterocycles. The van der Waals surface area contributed by atoms with Gasteiger partial charge in [0.25, 0.3) is 0 Å². The number of hydrogen-bond acceptors (Lipinski definition) is 3. The van der Waals surface area contributed by atoms with Crippen LogP contribution in [0.3, 0.4) is 0 Å². The maximum absolute atomic E-state index is 5.12. The second-order valence-corrected chi connectivity index (χ2v) is 4.10. The molecule has 0 aliphatic heterocycles. The lowest BCUT2D eigenvalue weighted by Crippen LogP contribution is -2.38. The molecule has 0 aromatic carbocycles. The molecule has 88 valence electrons. The highest BCUT2D eigenvalue weighted by atomic mass is 32.1. The quantitative estimate of drug-likeness (QED) is 0.779. The molecule has 1 rings (SSSR count). The first-order chi connectivity index (χ1) is 7.61. The van der Waals surface area contributed by atoms with Crippen molar-refractivity contribution < 1.29 is 4.74 Å². The van der Waals surface area contributed by atoms with Gasteiger partial charge < -0.3 is 15.4 Å². The lowest BCUT2D eigenvalue weighted by molar-refractivity contribution is 0.397. The number of ether oxygens (including phenoxy) is 1. The van der Waals surface area contributed by atoms with E-state index in [1.54, 1.807) is 13.3 Å². The van der Waals surface area contributed by atoms with Gasteiger partial charge in [-0.3, -0.25) is 0 Å². The van der Waals surface area contributed by atoms with E-state index in [2.05, 4.69) is 15.6 Å². The van der Waals surface area contributed by atoms with Crippen molar-refractivity contribution in [3.63, 3.8) is 0 Å². The highest BCUT2D eigenvalue weighted by Gasteiger charge is 2.00. The molecule has 1 heterocycles. The van der Waals surface area contributed by atoms with E-state index in [-0.39, 0.29) is 0 Å². The molecule has 1 aromatic rings. The van der Waals surface area contributed by atoms with Crippen LogP contribution in [0.5, 0.6) is 5.88 Å². The zero-order chi connectivity index (χ0) is 12.0. The fourth-order valence-electron chi connectivity index (χ4n) is 1.17. The zero-order valence-corrected chi connectivity index (χ0v) is 10.6. The molecule has 0 amide bonds. The minimum atomic E-state index is 0.340. The van der Waals surface area contributed by atoms with Crippen LogP contribution in [0.15, 0.2) is 18.3 Å². The van der Waals surface area contributed by atoms with Gasteiger partial charge in [-0.15, -0.1) is 0 Å². The standard InChI is InChI=1S/C11H17N3OS/c1-8(2)14-11(16)13-7-9-4-5-12-10(6-9)15-3/h4-6,8H,7H2,1-3H3,(H2,13,14,16). The normalized spacial score (nSPS) is 10.0. The molecule has 0 atom stereocenters. The molecule has 5 heteroatoms. The monoisotopic (exact) mass is 239 g/mol. The summed E-state index contributed by atoms with van der Waals surface area (Å²) in [6.07, 6.45) is 1.72. The van der Waals surface area contributed by atoms with Crippen LogP contribution < -0.4 is 15.4 Å². The second-order valence-electron chi connectivity index (χ2n) is 3.69. The lowest BCUT2D eigenvalue weighted by atomic mass is 10.2. The summed E-state index contributed by atoms with van der Waals surface area (Å²) in [5, 5.41) is 6.89. The van der Waals surface area contributed by atoms with Gasteiger partial charge in [0.2, 0.25) is 5.88 Å². The van der Waals surface area contributed by atoms with E-state index in [1.807, 2.05) is 26.0 Å². The highest BCUT2D eigenvalue weighted by Crippen LogP contribution is 2.07. The van der Waals surface area contributed by atoms with Crippen molar-refractivity contribution in [2.24, 2.45) is 0 Å². The largest absolute Gasteiger partial charge is 0.481 e. The molecule has 0 aliphatic rings. The first kappa shape index (κ1) is 12.7. The van der Waals surface area contributed by atoms with Gasteiger partial charge in [0.1, 0.15) is 0 Å². The van der Waals surface area contributed by atoms with Gasteiger partial charge in [-0.2, -0.15) is 0 Å². The number of nitrogens with one attached hydrogen (secondary N) is 2. The van der Waals surface area contributed by atoms with Crippen LogP contribution in [0.1, 0.15) is 19.4 Å². The number of thiocarbonyl (C=S) groups is 1. The van der Waals surface area contributed by atoms with Crippen LogP contribution in [0.4, 0.5) is 0 Å². The molecule has 0 aliphatic carbocycles. The average molecular weight is 239 g/mol. The topological polar surface area (TPSA) is 46.2 Å². The molecule has 0 bridgehead atoms. The molecule has 0 saturated carbocycles. The van der Waals surface area contributed by atoms with E-state index in [4.69, 9.17) is 17.0 Å². The van der Waals surface area contributed by atoms with Crippen molar-refractivity contribution in [2.45, 2.75) is 26.4 Å². The minimum Gasteiger partial charge on any atom is -0.481 e. The maximum Gasteiger partial charge on any atom is 0.213 e. The molecule has 0 spiro atoms. The number of methoxy groups -OCH3 is 1. The Morgan fingerprint density at radius 3 is 2.94 bits per heavy atom.